The zero-order valence-corrected chi connectivity index (χ0v) is 47.3. The molecule has 0 aromatic heterocycles. The first kappa shape index (κ1) is 69.3. The van der Waals surface area contributed by atoms with Gasteiger partial charge in [-0.3, -0.25) is 14.4 Å². The fourth-order valence-electron chi connectivity index (χ4n) is 9.70. The van der Waals surface area contributed by atoms with Crippen molar-refractivity contribution in [2.75, 3.05) is 13.2 Å². The molecular weight excluding hydrogens is 1060 g/mol. The third kappa shape index (κ3) is 23.8. The summed E-state index contributed by atoms with van der Waals surface area (Å²) < 4.78 is 29.6. The summed E-state index contributed by atoms with van der Waals surface area (Å²) in [4.78, 5) is 39.9. The zero-order valence-electron chi connectivity index (χ0n) is 47.3. The van der Waals surface area contributed by atoms with E-state index in [0.717, 1.165) is 0 Å². The van der Waals surface area contributed by atoms with Crippen LogP contribution in [0.1, 0.15) is 97.5 Å². The second-order valence-corrected chi connectivity index (χ2v) is 21.5. The quantitative estimate of drug-likeness (QED) is 0.123. The zero-order chi connectivity index (χ0) is 60.4. The fourth-order valence-corrected chi connectivity index (χ4v) is 9.70. The van der Waals surface area contributed by atoms with E-state index in [-0.39, 0.29) is 44.6 Å². The Morgan fingerprint density at radius 3 is 1.99 bits per heavy atom. The Morgan fingerprint density at radius 2 is 1.35 bits per heavy atom. The van der Waals surface area contributed by atoms with Crippen molar-refractivity contribution in [2.24, 2.45) is 29.2 Å². The largest absolute Gasteiger partial charge is 0.462 e. The lowest BCUT2D eigenvalue weighted by Gasteiger charge is -2.46. The molecule has 2 bridgehead atoms. The van der Waals surface area contributed by atoms with Gasteiger partial charge in [0.1, 0.15) is 24.2 Å². The third-order valence-corrected chi connectivity index (χ3v) is 14.6. The number of fused-ring (bicyclic) bond motifs is 2. The van der Waals surface area contributed by atoms with E-state index in [9.17, 15) is 65.4 Å². The molecule has 3 heterocycles. The smallest absolute Gasteiger partial charge is 0.315 e. The molecule has 0 radical (unpaired) electrons. The maximum absolute atomic E-state index is 14.0. The highest BCUT2D eigenvalue weighted by molar-refractivity contribution is 5.82. The Kier molecular flexibility index (Phi) is 30.2. The van der Waals surface area contributed by atoms with Crippen LogP contribution >= 0.6 is 0 Å². The Bertz CT molecular complexity index is 2370. The van der Waals surface area contributed by atoms with Gasteiger partial charge in [0.05, 0.1) is 79.5 Å². The number of allylic oxidation sites excluding steroid dienone is 12. The van der Waals surface area contributed by atoms with E-state index in [4.69, 9.17) is 35.2 Å². The molecule has 15 N–H and O–H groups in total. The van der Waals surface area contributed by atoms with Crippen LogP contribution in [0.3, 0.4) is 0 Å². The number of nitrogens with two attached hydrogens (primary N) is 2. The lowest BCUT2D eigenvalue weighted by atomic mass is 9.82. The molecule has 3 aliphatic heterocycles. The molecule has 3 aliphatic rings. The number of benzene rings is 1. The number of ether oxygens (including phenoxy) is 5. The number of nitrogens with one attached hydrogen (secondary N) is 1. The summed E-state index contributed by atoms with van der Waals surface area (Å²) >= 11 is 0. The molecule has 1 aromatic rings. The number of aliphatic hydroxyl groups excluding tert-OH is 9. The van der Waals surface area contributed by atoms with E-state index in [1.165, 1.54) is 13.0 Å². The lowest BCUT2D eigenvalue weighted by molar-refractivity contribution is -0.309. The molecule has 1 aromatic carbocycles. The predicted octanol–water partition coefficient (Wildman–Crippen LogP) is 1.45. The number of amides is 1. The van der Waals surface area contributed by atoms with Crippen LogP contribution in [0.4, 0.5) is 0 Å². The first-order valence-electron chi connectivity index (χ1n) is 28.2. The Balaban J connectivity index is 1.67. The standard InChI is InChI=1S/C61H89N3O18/c1-38-22-16-13-11-9-7-5-6-8-10-12-14-19-26-46(81-60-57(74)54(56(73)41(4)80-60)64-58(75)47(63)27-20-30-62)35-51-53(59(76)78-31-21-25-42-23-17-15-18-24-42)50(70)37-61(77,82-51)36-45(67)33-49(69)48(68)29-28-43(65)32-44(66)34-52(71)79-40(3)39(2)55(38)72/h5-19,22-24,26,38-41,43-51,53-57,60,65-70,72-74,77H,20,27-37,62-63H2,1-4H3,(H,64,75)/b6-5+,9-7+,10-8+,13-11+,14-12+,22-16+,26-19+/t38-,39-,40-,41+,43+,44+,45-,46-,47+,48+,49+,50-,51-,53+,54-,55+,56+,57-,60-,61+/m0/s1. The second-order valence-electron chi connectivity index (χ2n) is 21.5. The summed E-state index contributed by atoms with van der Waals surface area (Å²) in [5, 5.41) is 115. The van der Waals surface area contributed by atoms with Gasteiger partial charge in [0.25, 0.3) is 0 Å². The van der Waals surface area contributed by atoms with Gasteiger partial charge in [-0.1, -0.05) is 129 Å². The Labute approximate surface area is 481 Å². The van der Waals surface area contributed by atoms with Gasteiger partial charge in [0.15, 0.2) is 18.7 Å². The first-order chi connectivity index (χ1) is 39.0. The number of hydrogen-bond donors (Lipinski definition) is 13. The van der Waals surface area contributed by atoms with E-state index in [1.54, 1.807) is 111 Å². The minimum atomic E-state index is -2.39. The van der Waals surface area contributed by atoms with E-state index >= 15 is 0 Å². The molecule has 0 aliphatic carbocycles. The lowest BCUT2D eigenvalue weighted by Crippen LogP contribution is -2.65. The molecular formula is C61H89N3O18. The third-order valence-electron chi connectivity index (χ3n) is 14.6. The van der Waals surface area contributed by atoms with Crippen molar-refractivity contribution in [3.63, 3.8) is 0 Å². The molecule has 1 amide bonds. The number of aliphatic hydroxyl groups is 10. The van der Waals surface area contributed by atoms with Crippen molar-refractivity contribution in [1.29, 1.82) is 0 Å². The molecule has 0 unspecified atom stereocenters. The Morgan fingerprint density at radius 1 is 0.732 bits per heavy atom. The SMILES string of the molecule is C[C@@H]1[C@H](O)[C@@H](C)/C=C/C=C/C=C/C=C/C=C/C=C/C=C/[C@H](O[C@@H]2O[C@H](C)[C@@H](O)[C@H](NC(=O)[C@H](N)CCCN)[C@@H]2O)C[C@@H]2O[C@](O)(C[C@@H](O)C[C@@H](O)[C@H](O)CC[C@@H](O)C[C@@H](O)CC(=O)O[C@H]1C)C[C@H](O)[C@H]2C(=O)OCC#Cc1ccccc1. The van der Waals surface area contributed by atoms with Gasteiger partial charge >= 0.3 is 11.9 Å². The highest BCUT2D eigenvalue weighted by Gasteiger charge is 2.52. The molecule has 2 saturated heterocycles. The molecule has 2 fully saturated rings. The van der Waals surface area contributed by atoms with E-state index in [1.807, 2.05) is 19.1 Å². The van der Waals surface area contributed by atoms with Gasteiger partial charge < -0.3 is 91.5 Å². The highest BCUT2D eigenvalue weighted by Crippen LogP contribution is 2.39. The number of carbonyl (C=O) groups is 3. The molecule has 21 heteroatoms. The van der Waals surface area contributed by atoms with Crippen molar-refractivity contribution in [1.82, 2.24) is 5.32 Å². The minimum Gasteiger partial charge on any atom is -0.462 e. The average molecular weight is 1150 g/mol. The normalized spacial score (nSPS) is 38.6. The van der Waals surface area contributed by atoms with Crippen molar-refractivity contribution in [2.45, 2.75) is 195 Å². The molecule has 4 rings (SSSR count). The highest BCUT2D eigenvalue weighted by atomic mass is 16.7. The summed E-state index contributed by atoms with van der Waals surface area (Å²) in [5.41, 5.74) is 12.3. The summed E-state index contributed by atoms with van der Waals surface area (Å²) in [6.07, 6.45) is 2.86. The summed E-state index contributed by atoms with van der Waals surface area (Å²) in [6.45, 7) is 6.60. The summed E-state index contributed by atoms with van der Waals surface area (Å²) in [5.74, 6) is -1.39. The maximum Gasteiger partial charge on any atom is 0.315 e. The number of esters is 2. The minimum absolute atomic E-state index is 0.129. The summed E-state index contributed by atoms with van der Waals surface area (Å²) in [6, 6.07) is 6.56. The number of hydrogen-bond acceptors (Lipinski definition) is 20. The van der Waals surface area contributed by atoms with Gasteiger partial charge in [-0.2, -0.15) is 0 Å². The number of cyclic esters (lactones) is 1. The number of carbonyl (C=O) groups excluding carboxylic acids is 3. The topological polar surface area (TPSA) is 364 Å². The molecule has 0 saturated carbocycles. The van der Waals surface area contributed by atoms with Gasteiger partial charge in [0.2, 0.25) is 5.91 Å². The molecule has 456 valence electrons. The molecule has 20 atom stereocenters. The van der Waals surface area contributed by atoms with Crippen LogP contribution < -0.4 is 16.8 Å². The van der Waals surface area contributed by atoms with Gasteiger partial charge in [-0.25, -0.2) is 0 Å². The van der Waals surface area contributed by atoms with Crippen LogP contribution in [-0.2, 0) is 38.1 Å². The number of rotatable bonds is 9. The predicted molar refractivity (Wildman–Crippen MR) is 304 cm³/mol. The van der Waals surface area contributed by atoms with E-state index in [2.05, 4.69) is 17.2 Å². The molecule has 82 heavy (non-hydrogen) atoms. The van der Waals surface area contributed by atoms with Crippen molar-refractivity contribution in [3.8, 4) is 11.8 Å². The van der Waals surface area contributed by atoms with Gasteiger partial charge in [-0.15, -0.1) is 0 Å². The van der Waals surface area contributed by atoms with Crippen LogP contribution in [0, 0.1) is 29.6 Å². The van der Waals surface area contributed by atoms with Crippen LogP contribution in [0.15, 0.2) is 115 Å². The summed E-state index contributed by atoms with van der Waals surface area (Å²) in [7, 11) is 0. The molecule has 0 spiro atoms. The van der Waals surface area contributed by atoms with E-state index < -0.39 is 165 Å². The van der Waals surface area contributed by atoms with E-state index in [0.29, 0.717) is 12.0 Å². The van der Waals surface area contributed by atoms with Crippen molar-refractivity contribution < 1.29 is 89.1 Å². The monoisotopic (exact) mass is 1150 g/mol. The van der Waals surface area contributed by atoms with Gasteiger partial charge in [-0.05, 0) is 64.6 Å². The second kappa shape index (κ2) is 35.8. The van der Waals surface area contributed by atoms with Gasteiger partial charge in [0, 0.05) is 43.1 Å². The molecule has 21 nitrogen and oxygen atoms in total. The van der Waals surface area contributed by atoms with Crippen LogP contribution in [0.5, 0.6) is 0 Å². The van der Waals surface area contributed by atoms with Crippen molar-refractivity contribution >= 4 is 17.8 Å². The van der Waals surface area contributed by atoms with Crippen LogP contribution in [0.2, 0.25) is 0 Å². The first-order valence-corrected chi connectivity index (χ1v) is 28.2. The Hall–Kier alpha value is -5.23. The maximum atomic E-state index is 14.0. The van der Waals surface area contributed by atoms with Crippen LogP contribution in [0.25, 0.3) is 0 Å². The van der Waals surface area contributed by atoms with Crippen molar-refractivity contribution in [3.05, 3.63) is 121 Å². The average Bonchev–Trinajstić information content (AvgIpc) is 3.11. The fraction of sp³-hybridized carbons (Fsp3) is 0.590. The van der Waals surface area contributed by atoms with Crippen LogP contribution in [-0.4, -0.2) is 186 Å².